The number of hydrogen-bond donors (Lipinski definition) is 0. The van der Waals surface area contributed by atoms with Gasteiger partial charge in [-0.15, -0.1) is 0 Å². The molecule has 0 spiro atoms. The monoisotopic (exact) mass is 488 g/mol. The maximum Gasteiger partial charge on any atom is 0.339 e. The van der Waals surface area contributed by atoms with E-state index in [1.165, 1.54) is 89.9 Å². The van der Waals surface area contributed by atoms with Gasteiger partial charge in [-0.3, -0.25) is 0 Å². The Morgan fingerprint density at radius 3 is 1.37 bits per heavy atom. The zero-order valence-electron chi connectivity index (χ0n) is 23.0. The van der Waals surface area contributed by atoms with E-state index in [2.05, 4.69) is 20.8 Å². The maximum atomic E-state index is 12.5. The predicted molar refractivity (Wildman–Crippen MR) is 146 cm³/mol. The lowest BCUT2D eigenvalue weighted by molar-refractivity contribution is 0.0445. The summed E-state index contributed by atoms with van der Waals surface area (Å²) >= 11 is 0. The van der Waals surface area contributed by atoms with Crippen molar-refractivity contribution in [2.24, 2.45) is 5.92 Å². The van der Waals surface area contributed by atoms with Gasteiger partial charge in [-0.1, -0.05) is 129 Å². The molecule has 0 bridgehead atoms. The molecule has 0 saturated carbocycles. The van der Waals surface area contributed by atoms with E-state index in [1.54, 1.807) is 24.3 Å². The number of rotatable bonds is 22. The molecule has 1 aromatic rings. The molecule has 0 heterocycles. The minimum absolute atomic E-state index is 0.285. The second kappa shape index (κ2) is 21.4. The van der Waals surface area contributed by atoms with E-state index in [-0.39, 0.29) is 5.56 Å². The Bertz CT molecular complexity index is 668. The van der Waals surface area contributed by atoms with Crippen LogP contribution in [0.4, 0.5) is 0 Å². The third-order valence-electron chi connectivity index (χ3n) is 6.53. The van der Waals surface area contributed by atoms with Gasteiger partial charge < -0.3 is 9.47 Å². The molecule has 0 fully saturated rings. The van der Waals surface area contributed by atoms with Crippen molar-refractivity contribution in [1.29, 1.82) is 0 Å². The minimum atomic E-state index is -0.458. The molecule has 4 heteroatoms. The topological polar surface area (TPSA) is 52.6 Å². The standard InChI is InChI=1S/C31H52O4/c1-4-5-6-7-8-9-10-11-12-13-14-15-16-17-18-21-25-34-30(32)28-22-19-20-23-29(28)31(33)35-26-24-27(2)3/h19-20,22-23,27H,4-18,21,24-26H2,1-3H3. The molecule has 0 aliphatic carbocycles. The van der Waals surface area contributed by atoms with Gasteiger partial charge in [0.05, 0.1) is 24.3 Å². The van der Waals surface area contributed by atoms with Gasteiger partial charge in [0.1, 0.15) is 0 Å². The van der Waals surface area contributed by atoms with E-state index >= 15 is 0 Å². The van der Waals surface area contributed by atoms with Crippen LogP contribution in [0.2, 0.25) is 0 Å². The van der Waals surface area contributed by atoms with Crippen LogP contribution in [-0.2, 0) is 9.47 Å². The Morgan fingerprint density at radius 2 is 0.971 bits per heavy atom. The van der Waals surface area contributed by atoms with Crippen molar-refractivity contribution in [2.45, 2.75) is 130 Å². The van der Waals surface area contributed by atoms with E-state index in [4.69, 9.17) is 9.47 Å². The van der Waals surface area contributed by atoms with Crippen LogP contribution in [-0.4, -0.2) is 25.2 Å². The lowest BCUT2D eigenvalue weighted by Gasteiger charge is -2.10. The van der Waals surface area contributed by atoms with Gasteiger partial charge in [0.2, 0.25) is 0 Å². The van der Waals surface area contributed by atoms with Crippen molar-refractivity contribution in [3.8, 4) is 0 Å². The molecule has 0 aromatic heterocycles. The molecule has 200 valence electrons. The molecule has 1 rings (SSSR count). The first-order chi connectivity index (χ1) is 17.1. The third kappa shape index (κ3) is 16.5. The lowest BCUT2D eigenvalue weighted by atomic mass is 10.0. The van der Waals surface area contributed by atoms with Crippen molar-refractivity contribution >= 4 is 11.9 Å². The Morgan fingerprint density at radius 1 is 0.600 bits per heavy atom. The molecule has 0 radical (unpaired) electrons. The quantitative estimate of drug-likeness (QED) is 0.120. The van der Waals surface area contributed by atoms with E-state index in [0.29, 0.717) is 24.7 Å². The fraction of sp³-hybridized carbons (Fsp3) is 0.742. The second-order valence-electron chi connectivity index (χ2n) is 10.3. The molecule has 0 unspecified atom stereocenters. The predicted octanol–water partition coefficient (Wildman–Crippen LogP) is 9.31. The van der Waals surface area contributed by atoms with E-state index in [0.717, 1.165) is 19.3 Å². The number of carbonyl (C=O) groups is 2. The number of benzene rings is 1. The van der Waals surface area contributed by atoms with Gasteiger partial charge in [0.15, 0.2) is 0 Å². The lowest BCUT2D eigenvalue weighted by Crippen LogP contribution is -2.15. The summed E-state index contributed by atoms with van der Waals surface area (Å²) in [5.74, 6) is -0.439. The second-order valence-corrected chi connectivity index (χ2v) is 10.3. The molecular formula is C31H52O4. The fourth-order valence-corrected chi connectivity index (χ4v) is 4.20. The summed E-state index contributed by atoms with van der Waals surface area (Å²) in [6.07, 6.45) is 21.8. The Hall–Kier alpha value is -1.84. The maximum absolute atomic E-state index is 12.5. The molecule has 0 aliphatic rings. The molecule has 0 N–H and O–H groups in total. The molecule has 4 nitrogen and oxygen atoms in total. The van der Waals surface area contributed by atoms with Crippen LogP contribution >= 0.6 is 0 Å². The average Bonchev–Trinajstić information content (AvgIpc) is 2.85. The van der Waals surface area contributed by atoms with Gasteiger partial charge in [0, 0.05) is 0 Å². The summed E-state index contributed by atoms with van der Waals surface area (Å²) in [6, 6.07) is 6.75. The zero-order valence-corrected chi connectivity index (χ0v) is 23.0. The molecule has 0 saturated heterocycles. The number of ether oxygens (including phenoxy) is 2. The Balaban J connectivity index is 2.03. The van der Waals surface area contributed by atoms with Crippen LogP contribution in [0.3, 0.4) is 0 Å². The van der Waals surface area contributed by atoms with E-state index in [9.17, 15) is 9.59 Å². The summed E-state index contributed by atoms with van der Waals surface area (Å²) < 4.78 is 10.8. The summed E-state index contributed by atoms with van der Waals surface area (Å²) in [6.45, 7) is 7.19. The van der Waals surface area contributed by atoms with Crippen molar-refractivity contribution < 1.29 is 19.1 Å². The highest BCUT2D eigenvalue weighted by Crippen LogP contribution is 2.15. The largest absolute Gasteiger partial charge is 0.462 e. The first kappa shape index (κ1) is 31.2. The van der Waals surface area contributed by atoms with Crippen molar-refractivity contribution in [1.82, 2.24) is 0 Å². The molecule has 1 aromatic carbocycles. The Kier molecular flexibility index (Phi) is 19.1. The minimum Gasteiger partial charge on any atom is -0.462 e. The van der Waals surface area contributed by atoms with Crippen molar-refractivity contribution in [3.63, 3.8) is 0 Å². The van der Waals surface area contributed by atoms with E-state index < -0.39 is 11.9 Å². The van der Waals surface area contributed by atoms with Gasteiger partial charge >= 0.3 is 11.9 Å². The zero-order chi connectivity index (χ0) is 25.6. The van der Waals surface area contributed by atoms with Crippen molar-refractivity contribution in [2.75, 3.05) is 13.2 Å². The summed E-state index contributed by atoms with van der Waals surface area (Å²) in [4.78, 5) is 24.8. The first-order valence-electron chi connectivity index (χ1n) is 14.5. The molecule has 0 atom stereocenters. The van der Waals surface area contributed by atoms with E-state index in [1.807, 2.05) is 0 Å². The van der Waals surface area contributed by atoms with Crippen LogP contribution in [0.15, 0.2) is 24.3 Å². The van der Waals surface area contributed by atoms with Gasteiger partial charge in [0.25, 0.3) is 0 Å². The van der Waals surface area contributed by atoms with Crippen LogP contribution in [0.1, 0.15) is 151 Å². The SMILES string of the molecule is CCCCCCCCCCCCCCCCCCOC(=O)c1ccccc1C(=O)OCCC(C)C. The third-order valence-corrected chi connectivity index (χ3v) is 6.53. The summed E-state index contributed by atoms with van der Waals surface area (Å²) in [5, 5.41) is 0. The highest BCUT2D eigenvalue weighted by atomic mass is 16.5. The molecule has 0 amide bonds. The number of esters is 2. The first-order valence-corrected chi connectivity index (χ1v) is 14.5. The van der Waals surface area contributed by atoms with Crippen LogP contribution in [0, 0.1) is 5.92 Å². The van der Waals surface area contributed by atoms with Crippen LogP contribution in [0.5, 0.6) is 0 Å². The van der Waals surface area contributed by atoms with Crippen LogP contribution in [0.25, 0.3) is 0 Å². The summed E-state index contributed by atoms with van der Waals surface area (Å²) in [7, 11) is 0. The average molecular weight is 489 g/mol. The normalized spacial score (nSPS) is 11.1. The molecule has 35 heavy (non-hydrogen) atoms. The Labute approximate surface area is 215 Å². The fourth-order valence-electron chi connectivity index (χ4n) is 4.20. The van der Waals surface area contributed by atoms with Gasteiger partial charge in [-0.05, 0) is 30.9 Å². The summed E-state index contributed by atoms with van der Waals surface area (Å²) in [5.41, 5.74) is 0.576. The number of unbranched alkanes of at least 4 members (excludes halogenated alkanes) is 15. The highest BCUT2D eigenvalue weighted by Gasteiger charge is 2.18. The van der Waals surface area contributed by atoms with Gasteiger partial charge in [-0.25, -0.2) is 9.59 Å². The molecular weight excluding hydrogens is 436 g/mol. The molecule has 0 aliphatic heterocycles. The number of carbonyl (C=O) groups excluding carboxylic acids is 2. The smallest absolute Gasteiger partial charge is 0.339 e. The van der Waals surface area contributed by atoms with Crippen LogP contribution < -0.4 is 0 Å². The van der Waals surface area contributed by atoms with Gasteiger partial charge in [-0.2, -0.15) is 0 Å². The highest BCUT2D eigenvalue weighted by molar-refractivity contribution is 6.03. The number of hydrogen-bond acceptors (Lipinski definition) is 4. The van der Waals surface area contributed by atoms with Crippen molar-refractivity contribution in [3.05, 3.63) is 35.4 Å².